The molecule has 3 rings (SSSR count). The molecule has 0 unspecified atom stereocenters. The summed E-state index contributed by atoms with van der Waals surface area (Å²) in [7, 11) is 0. The highest BCUT2D eigenvalue weighted by atomic mass is 19.4. The quantitative estimate of drug-likeness (QED) is 0.763. The van der Waals surface area contributed by atoms with Gasteiger partial charge in [-0.1, -0.05) is 13.8 Å². The molecule has 1 fully saturated rings. The van der Waals surface area contributed by atoms with Crippen molar-refractivity contribution in [3.8, 4) is 0 Å². The van der Waals surface area contributed by atoms with Crippen LogP contribution in [0.15, 0.2) is 18.5 Å². The zero-order valence-corrected chi connectivity index (χ0v) is 11.8. The van der Waals surface area contributed by atoms with E-state index in [4.69, 9.17) is 0 Å². The van der Waals surface area contributed by atoms with Crippen molar-refractivity contribution < 1.29 is 17.6 Å². The van der Waals surface area contributed by atoms with Crippen molar-refractivity contribution in [3.63, 3.8) is 0 Å². The van der Waals surface area contributed by atoms with Gasteiger partial charge in [-0.2, -0.15) is 13.2 Å². The van der Waals surface area contributed by atoms with Crippen LogP contribution in [0.1, 0.15) is 31.9 Å². The number of rotatable bonds is 3. The third kappa shape index (κ3) is 2.76. The van der Waals surface area contributed by atoms with Crippen LogP contribution in [0.2, 0.25) is 0 Å². The monoisotopic (exact) mass is 300 g/mol. The molecule has 21 heavy (non-hydrogen) atoms. The molecule has 0 spiro atoms. The second-order valence-corrected chi connectivity index (χ2v) is 6.10. The van der Waals surface area contributed by atoms with E-state index in [0.29, 0.717) is 11.8 Å². The number of hydrogen-bond donors (Lipinski definition) is 0. The number of halogens is 4. The van der Waals surface area contributed by atoms with Crippen molar-refractivity contribution in [2.75, 3.05) is 0 Å². The van der Waals surface area contributed by atoms with Gasteiger partial charge >= 0.3 is 6.18 Å². The predicted octanol–water partition coefficient (Wildman–Crippen LogP) is 4.50. The molecule has 0 aliphatic heterocycles. The van der Waals surface area contributed by atoms with Crippen LogP contribution in [0.3, 0.4) is 0 Å². The van der Waals surface area contributed by atoms with Crippen LogP contribution in [0, 0.1) is 17.7 Å². The van der Waals surface area contributed by atoms with E-state index in [1.807, 2.05) is 0 Å². The van der Waals surface area contributed by atoms with Crippen molar-refractivity contribution in [2.24, 2.45) is 11.8 Å². The second-order valence-electron chi connectivity index (χ2n) is 6.10. The van der Waals surface area contributed by atoms with Crippen molar-refractivity contribution >= 4 is 10.9 Å². The van der Waals surface area contributed by atoms with Gasteiger partial charge in [0.05, 0.1) is 10.9 Å². The van der Waals surface area contributed by atoms with Gasteiger partial charge in [-0.25, -0.2) is 4.39 Å². The van der Waals surface area contributed by atoms with E-state index >= 15 is 0 Å². The third-order valence-electron chi connectivity index (χ3n) is 4.16. The van der Waals surface area contributed by atoms with E-state index in [2.05, 4.69) is 18.8 Å². The lowest BCUT2D eigenvalue weighted by Crippen LogP contribution is -2.16. The minimum absolute atomic E-state index is 0.143. The first-order valence-corrected chi connectivity index (χ1v) is 6.97. The van der Waals surface area contributed by atoms with Gasteiger partial charge in [0.2, 0.25) is 0 Å². The first-order valence-electron chi connectivity index (χ1n) is 6.97. The molecule has 0 aromatic carbocycles. The summed E-state index contributed by atoms with van der Waals surface area (Å²) in [6.07, 6.45) is -1.13. The SMILES string of the molecule is CC(C)[C@H]1C[C@@H]1c1cc2c(cn1)c(F)cn2CC(F)(F)F. The molecule has 1 aliphatic rings. The summed E-state index contributed by atoms with van der Waals surface area (Å²) in [5.41, 5.74) is 1.03. The second kappa shape index (κ2) is 4.71. The normalized spacial score (nSPS) is 22.2. The number of aromatic nitrogens is 2. The van der Waals surface area contributed by atoms with Crippen LogP contribution in [-0.4, -0.2) is 15.7 Å². The van der Waals surface area contributed by atoms with Gasteiger partial charge in [-0.3, -0.25) is 4.98 Å². The molecule has 0 saturated heterocycles. The smallest absolute Gasteiger partial charge is 0.335 e. The molecule has 114 valence electrons. The zero-order chi connectivity index (χ0) is 15.4. The molecule has 0 N–H and O–H groups in total. The molecular formula is C15H16F4N2. The van der Waals surface area contributed by atoms with Gasteiger partial charge in [0, 0.05) is 24.0 Å². The lowest BCUT2D eigenvalue weighted by molar-refractivity contribution is -0.139. The Balaban J connectivity index is 1.98. The fourth-order valence-electron chi connectivity index (χ4n) is 2.98. The summed E-state index contributed by atoms with van der Waals surface area (Å²) in [5.74, 6) is 0.660. The Labute approximate surface area is 119 Å². The molecule has 2 heterocycles. The van der Waals surface area contributed by atoms with Gasteiger partial charge in [-0.05, 0) is 24.3 Å². The van der Waals surface area contributed by atoms with Gasteiger partial charge in [0.25, 0.3) is 0 Å². The topological polar surface area (TPSA) is 17.8 Å². The highest BCUT2D eigenvalue weighted by Crippen LogP contribution is 2.51. The average molecular weight is 300 g/mol. The Kier molecular flexibility index (Phi) is 3.22. The molecule has 2 aromatic heterocycles. The molecule has 1 saturated carbocycles. The summed E-state index contributed by atoms with van der Waals surface area (Å²) in [6.45, 7) is 3.06. The minimum Gasteiger partial charge on any atom is -0.335 e. The van der Waals surface area contributed by atoms with Crippen LogP contribution >= 0.6 is 0 Å². The van der Waals surface area contributed by atoms with Crippen molar-refractivity contribution in [1.82, 2.24) is 9.55 Å². The Morgan fingerprint density at radius 2 is 2.10 bits per heavy atom. The van der Waals surface area contributed by atoms with Gasteiger partial charge in [0.1, 0.15) is 12.4 Å². The summed E-state index contributed by atoms with van der Waals surface area (Å²) in [4.78, 5) is 4.24. The Hall–Kier alpha value is -1.59. The van der Waals surface area contributed by atoms with Crippen molar-refractivity contribution in [1.29, 1.82) is 0 Å². The maximum atomic E-state index is 13.7. The van der Waals surface area contributed by atoms with Gasteiger partial charge in [-0.15, -0.1) is 0 Å². The van der Waals surface area contributed by atoms with E-state index < -0.39 is 18.5 Å². The lowest BCUT2D eigenvalue weighted by atomic mass is 10.1. The van der Waals surface area contributed by atoms with Crippen LogP contribution in [0.25, 0.3) is 10.9 Å². The standard InChI is InChI=1S/C15H16F4N2/c1-8(2)9-3-10(9)13-4-14-11(5-20-13)12(16)6-21(14)7-15(17,18)19/h4-6,8-10H,3,7H2,1-2H3/t9-,10+/m1/s1. The number of hydrogen-bond acceptors (Lipinski definition) is 1. The van der Waals surface area contributed by atoms with E-state index in [-0.39, 0.29) is 16.8 Å². The molecule has 2 nitrogen and oxygen atoms in total. The average Bonchev–Trinajstić information content (AvgIpc) is 3.11. The molecule has 2 aromatic rings. The first kappa shape index (κ1) is 14.4. The predicted molar refractivity (Wildman–Crippen MR) is 71.4 cm³/mol. The van der Waals surface area contributed by atoms with E-state index in [9.17, 15) is 17.6 Å². The van der Waals surface area contributed by atoms with E-state index in [1.54, 1.807) is 6.07 Å². The lowest BCUT2D eigenvalue weighted by Gasteiger charge is -2.09. The fourth-order valence-corrected chi connectivity index (χ4v) is 2.98. The maximum Gasteiger partial charge on any atom is 0.406 e. The molecule has 2 atom stereocenters. The number of pyridine rings is 1. The van der Waals surface area contributed by atoms with Crippen LogP contribution < -0.4 is 0 Å². The summed E-state index contributed by atoms with van der Waals surface area (Å²) in [6, 6.07) is 1.61. The highest BCUT2D eigenvalue weighted by Gasteiger charge is 2.41. The summed E-state index contributed by atoms with van der Waals surface area (Å²) in [5, 5.41) is 0.143. The van der Waals surface area contributed by atoms with Crippen molar-refractivity contribution in [3.05, 3.63) is 30.0 Å². The molecule has 1 aliphatic carbocycles. The largest absolute Gasteiger partial charge is 0.406 e. The Bertz CT molecular complexity index is 672. The molecule has 0 radical (unpaired) electrons. The number of nitrogens with zero attached hydrogens (tertiary/aromatic N) is 2. The highest BCUT2D eigenvalue weighted by molar-refractivity contribution is 5.80. The summed E-state index contributed by atoms with van der Waals surface area (Å²) < 4.78 is 52.3. The Morgan fingerprint density at radius 3 is 2.67 bits per heavy atom. The molecular weight excluding hydrogens is 284 g/mol. The third-order valence-corrected chi connectivity index (χ3v) is 4.16. The van der Waals surface area contributed by atoms with Gasteiger partial charge in [0.15, 0.2) is 0 Å². The fraction of sp³-hybridized carbons (Fsp3) is 0.533. The van der Waals surface area contributed by atoms with Crippen LogP contribution in [0.5, 0.6) is 0 Å². The van der Waals surface area contributed by atoms with E-state index in [0.717, 1.165) is 22.9 Å². The minimum atomic E-state index is -4.37. The van der Waals surface area contributed by atoms with Crippen molar-refractivity contribution in [2.45, 2.75) is 38.9 Å². The van der Waals surface area contributed by atoms with Crippen LogP contribution in [-0.2, 0) is 6.54 Å². The van der Waals surface area contributed by atoms with Crippen LogP contribution in [0.4, 0.5) is 17.6 Å². The zero-order valence-electron chi connectivity index (χ0n) is 11.8. The molecule has 0 bridgehead atoms. The number of alkyl halides is 3. The van der Waals surface area contributed by atoms with Gasteiger partial charge < -0.3 is 4.57 Å². The molecule has 6 heteroatoms. The Morgan fingerprint density at radius 1 is 1.38 bits per heavy atom. The summed E-state index contributed by atoms with van der Waals surface area (Å²) >= 11 is 0. The van der Waals surface area contributed by atoms with E-state index in [1.165, 1.54) is 6.20 Å². The molecule has 0 amide bonds. The number of fused-ring (bicyclic) bond motifs is 1. The maximum absolute atomic E-state index is 13.7. The first-order chi connectivity index (χ1) is 9.76.